The Hall–Kier alpha value is -2.23. The van der Waals surface area contributed by atoms with Gasteiger partial charge in [0.1, 0.15) is 11.5 Å². The molecule has 0 saturated carbocycles. The van der Waals surface area contributed by atoms with Gasteiger partial charge >= 0.3 is 0 Å². The van der Waals surface area contributed by atoms with Crippen molar-refractivity contribution in [3.8, 4) is 0 Å². The average molecular weight is 272 g/mol. The fourth-order valence-corrected chi connectivity index (χ4v) is 1.85. The molecule has 20 heavy (non-hydrogen) atoms. The van der Waals surface area contributed by atoms with Crippen molar-refractivity contribution in [2.75, 3.05) is 5.32 Å². The predicted octanol–water partition coefficient (Wildman–Crippen LogP) is 3.34. The van der Waals surface area contributed by atoms with Crippen LogP contribution in [0.4, 0.5) is 5.69 Å². The van der Waals surface area contributed by atoms with E-state index < -0.39 is 0 Å². The fourth-order valence-electron chi connectivity index (χ4n) is 1.85. The Bertz CT molecular complexity index is 570. The van der Waals surface area contributed by atoms with Gasteiger partial charge in [0.2, 0.25) is 0 Å². The molecule has 1 aromatic carbocycles. The molecule has 2 aromatic rings. The molecule has 4 heteroatoms. The molecule has 1 aromatic heterocycles. The third-order valence-electron chi connectivity index (χ3n) is 2.83. The molecule has 0 atom stereocenters. The minimum Gasteiger partial charge on any atom is -0.465 e. The number of rotatable bonds is 5. The molecule has 0 saturated heterocycles. The number of nitrogens with one attached hydrogen (secondary N) is 2. The van der Waals surface area contributed by atoms with Gasteiger partial charge in [-0.15, -0.1) is 0 Å². The van der Waals surface area contributed by atoms with Crippen molar-refractivity contribution in [3.63, 3.8) is 0 Å². The number of anilines is 1. The molecule has 0 radical (unpaired) electrons. The van der Waals surface area contributed by atoms with Crippen LogP contribution >= 0.6 is 0 Å². The van der Waals surface area contributed by atoms with Crippen LogP contribution in [0, 0.1) is 6.92 Å². The summed E-state index contributed by atoms with van der Waals surface area (Å²) in [7, 11) is 0. The molecule has 2 rings (SSSR count). The van der Waals surface area contributed by atoms with Gasteiger partial charge in [0.15, 0.2) is 0 Å². The molecule has 2 N–H and O–H groups in total. The number of benzene rings is 1. The largest absolute Gasteiger partial charge is 0.465 e. The molecule has 0 aliphatic heterocycles. The third-order valence-corrected chi connectivity index (χ3v) is 2.83. The smallest absolute Gasteiger partial charge is 0.251 e. The molecular formula is C16H20N2O2. The molecule has 106 valence electrons. The minimum absolute atomic E-state index is 0.0480. The second kappa shape index (κ2) is 6.28. The van der Waals surface area contributed by atoms with Crippen molar-refractivity contribution < 1.29 is 9.21 Å². The second-order valence-corrected chi connectivity index (χ2v) is 5.07. The van der Waals surface area contributed by atoms with E-state index >= 15 is 0 Å². The SMILES string of the molecule is Cc1ccc(CNc2ccc(C(=O)NC(C)C)cc2)o1. The van der Waals surface area contributed by atoms with Gasteiger partial charge < -0.3 is 15.1 Å². The lowest BCUT2D eigenvalue weighted by Crippen LogP contribution is -2.29. The van der Waals surface area contributed by atoms with Crippen molar-refractivity contribution in [2.24, 2.45) is 0 Å². The Morgan fingerprint density at radius 1 is 1.15 bits per heavy atom. The lowest BCUT2D eigenvalue weighted by Gasteiger charge is -2.09. The highest BCUT2D eigenvalue weighted by molar-refractivity contribution is 5.94. The van der Waals surface area contributed by atoms with Gasteiger partial charge in [-0.1, -0.05) is 0 Å². The summed E-state index contributed by atoms with van der Waals surface area (Å²) in [6, 6.07) is 11.4. The predicted molar refractivity (Wildman–Crippen MR) is 79.8 cm³/mol. The third kappa shape index (κ3) is 3.88. The molecule has 1 amide bonds. The summed E-state index contributed by atoms with van der Waals surface area (Å²) in [4.78, 5) is 11.8. The van der Waals surface area contributed by atoms with Crippen LogP contribution in [0.25, 0.3) is 0 Å². The van der Waals surface area contributed by atoms with E-state index in [1.807, 2.05) is 57.2 Å². The van der Waals surface area contributed by atoms with Crippen LogP contribution in [0.2, 0.25) is 0 Å². The zero-order chi connectivity index (χ0) is 14.5. The van der Waals surface area contributed by atoms with E-state index in [2.05, 4.69) is 10.6 Å². The number of aryl methyl sites for hydroxylation is 1. The van der Waals surface area contributed by atoms with E-state index in [4.69, 9.17) is 4.42 Å². The highest BCUT2D eigenvalue weighted by atomic mass is 16.3. The second-order valence-electron chi connectivity index (χ2n) is 5.07. The fraction of sp³-hybridized carbons (Fsp3) is 0.312. The first kappa shape index (κ1) is 14.2. The van der Waals surface area contributed by atoms with E-state index in [1.54, 1.807) is 0 Å². The lowest BCUT2D eigenvalue weighted by molar-refractivity contribution is 0.0943. The highest BCUT2D eigenvalue weighted by Gasteiger charge is 2.06. The quantitative estimate of drug-likeness (QED) is 0.877. The topological polar surface area (TPSA) is 54.3 Å². The summed E-state index contributed by atoms with van der Waals surface area (Å²) in [6.07, 6.45) is 0. The molecule has 4 nitrogen and oxygen atoms in total. The molecule has 0 spiro atoms. The molecule has 0 fully saturated rings. The average Bonchev–Trinajstić information content (AvgIpc) is 2.82. The van der Waals surface area contributed by atoms with Crippen molar-refractivity contribution in [1.29, 1.82) is 0 Å². The Morgan fingerprint density at radius 2 is 1.85 bits per heavy atom. The number of hydrogen-bond donors (Lipinski definition) is 2. The molecule has 1 heterocycles. The van der Waals surface area contributed by atoms with Crippen molar-refractivity contribution in [3.05, 3.63) is 53.5 Å². The molecule has 0 unspecified atom stereocenters. The van der Waals surface area contributed by atoms with Gasteiger partial charge in [0.25, 0.3) is 5.91 Å². The maximum atomic E-state index is 11.8. The first-order valence-electron chi connectivity index (χ1n) is 6.74. The summed E-state index contributed by atoms with van der Waals surface area (Å²) in [5, 5.41) is 6.12. The standard InChI is InChI=1S/C16H20N2O2/c1-11(2)18-16(19)13-5-7-14(8-6-13)17-10-15-9-4-12(3)20-15/h4-9,11,17H,10H2,1-3H3,(H,18,19). The van der Waals surface area contributed by atoms with Gasteiger partial charge in [-0.25, -0.2) is 0 Å². The summed E-state index contributed by atoms with van der Waals surface area (Å²) in [5.41, 5.74) is 1.62. The van der Waals surface area contributed by atoms with Gasteiger partial charge in [-0.2, -0.15) is 0 Å². The van der Waals surface area contributed by atoms with Gasteiger partial charge in [-0.05, 0) is 57.2 Å². The molecule has 0 aliphatic rings. The van der Waals surface area contributed by atoms with Crippen LogP contribution in [0.5, 0.6) is 0 Å². The normalized spacial score (nSPS) is 10.6. The van der Waals surface area contributed by atoms with Crippen molar-refractivity contribution in [1.82, 2.24) is 5.32 Å². The molecule has 0 aliphatic carbocycles. The first-order chi connectivity index (χ1) is 9.54. The number of amides is 1. The van der Waals surface area contributed by atoms with E-state index in [-0.39, 0.29) is 11.9 Å². The van der Waals surface area contributed by atoms with Gasteiger partial charge in [-0.3, -0.25) is 4.79 Å². The lowest BCUT2D eigenvalue weighted by atomic mass is 10.2. The van der Waals surface area contributed by atoms with Crippen LogP contribution in [0.1, 0.15) is 35.7 Å². The summed E-state index contributed by atoms with van der Waals surface area (Å²) >= 11 is 0. The van der Waals surface area contributed by atoms with Crippen LogP contribution in [0.15, 0.2) is 40.8 Å². The van der Waals surface area contributed by atoms with Gasteiger partial charge in [0.05, 0.1) is 6.54 Å². The zero-order valence-electron chi connectivity index (χ0n) is 12.1. The van der Waals surface area contributed by atoms with E-state index in [0.29, 0.717) is 12.1 Å². The first-order valence-corrected chi connectivity index (χ1v) is 6.74. The summed E-state index contributed by atoms with van der Waals surface area (Å²) in [6.45, 7) is 6.44. The Labute approximate surface area is 119 Å². The van der Waals surface area contributed by atoms with Crippen LogP contribution in [-0.4, -0.2) is 11.9 Å². The van der Waals surface area contributed by atoms with Crippen molar-refractivity contribution in [2.45, 2.75) is 33.4 Å². The van der Waals surface area contributed by atoms with Crippen LogP contribution in [-0.2, 0) is 6.54 Å². The summed E-state index contributed by atoms with van der Waals surface area (Å²) in [5.74, 6) is 1.75. The maximum absolute atomic E-state index is 11.8. The number of hydrogen-bond acceptors (Lipinski definition) is 3. The van der Waals surface area contributed by atoms with E-state index in [1.165, 1.54) is 0 Å². The Kier molecular flexibility index (Phi) is 4.45. The Balaban J connectivity index is 1.93. The highest BCUT2D eigenvalue weighted by Crippen LogP contribution is 2.13. The number of carbonyl (C=O) groups excluding carboxylic acids is 1. The molecular weight excluding hydrogens is 252 g/mol. The zero-order valence-corrected chi connectivity index (χ0v) is 12.1. The minimum atomic E-state index is -0.0480. The van der Waals surface area contributed by atoms with Crippen molar-refractivity contribution >= 4 is 11.6 Å². The molecule has 0 bridgehead atoms. The van der Waals surface area contributed by atoms with E-state index in [9.17, 15) is 4.79 Å². The Morgan fingerprint density at radius 3 is 2.40 bits per heavy atom. The van der Waals surface area contributed by atoms with E-state index in [0.717, 1.165) is 17.2 Å². The summed E-state index contributed by atoms with van der Waals surface area (Å²) < 4.78 is 5.48. The van der Waals surface area contributed by atoms with Crippen LogP contribution in [0.3, 0.4) is 0 Å². The maximum Gasteiger partial charge on any atom is 0.251 e. The van der Waals surface area contributed by atoms with Gasteiger partial charge in [0, 0.05) is 17.3 Å². The van der Waals surface area contributed by atoms with Crippen LogP contribution < -0.4 is 10.6 Å². The number of carbonyl (C=O) groups is 1. The monoisotopic (exact) mass is 272 g/mol. The number of furan rings is 1.